The number of nitrogens with one attached hydrogen (secondary N) is 2. The van der Waals surface area contributed by atoms with Crippen molar-refractivity contribution in [1.29, 1.82) is 0 Å². The molecule has 0 aliphatic carbocycles. The number of para-hydroxylation sites is 1. The quantitative estimate of drug-likeness (QED) is 0.360. The number of alkyl carbamates (subject to hydrolysis) is 1. The summed E-state index contributed by atoms with van der Waals surface area (Å²) in [6.07, 6.45) is 4.33. The molecule has 0 aromatic heterocycles. The summed E-state index contributed by atoms with van der Waals surface area (Å²) in [6.45, 7) is 12.3. The molecule has 202 valence electrons. The molecule has 0 saturated heterocycles. The Kier molecular flexibility index (Phi) is 9.66. The zero-order valence-corrected chi connectivity index (χ0v) is 23.0. The van der Waals surface area contributed by atoms with Crippen LogP contribution in [0.15, 0.2) is 36.4 Å². The van der Waals surface area contributed by atoms with Gasteiger partial charge in [-0.05, 0) is 70.7 Å². The number of primary amides is 1. The molecule has 2 unspecified atom stereocenters. The van der Waals surface area contributed by atoms with Crippen LogP contribution < -0.4 is 16.4 Å². The van der Waals surface area contributed by atoms with E-state index in [4.69, 9.17) is 16.9 Å². The average Bonchev–Trinajstić information content (AvgIpc) is 2.79. The Hall–Kier alpha value is -4.32. The number of terminal acetylenes is 1. The highest BCUT2D eigenvalue weighted by atomic mass is 16.6. The van der Waals surface area contributed by atoms with Gasteiger partial charge in [0, 0.05) is 11.7 Å². The number of carbonyl (C=O) groups is 4. The molecule has 0 aliphatic heterocycles. The number of rotatable bonds is 8. The van der Waals surface area contributed by atoms with E-state index in [0.29, 0.717) is 11.3 Å². The maximum atomic E-state index is 13.8. The van der Waals surface area contributed by atoms with Crippen LogP contribution in [0.3, 0.4) is 0 Å². The Bertz CT molecular complexity index is 1250. The van der Waals surface area contributed by atoms with Gasteiger partial charge >= 0.3 is 6.09 Å². The average molecular weight is 521 g/mol. The van der Waals surface area contributed by atoms with Gasteiger partial charge in [-0.1, -0.05) is 48.4 Å². The highest BCUT2D eigenvalue weighted by Gasteiger charge is 2.37. The summed E-state index contributed by atoms with van der Waals surface area (Å²) in [4.78, 5) is 52.7. The first-order valence-electron chi connectivity index (χ1n) is 12.2. The number of nitrogens with two attached hydrogens (primary N) is 1. The number of hydrogen-bond donors (Lipinski definition) is 3. The van der Waals surface area contributed by atoms with Gasteiger partial charge in [0.05, 0.1) is 6.42 Å². The molecular formula is C29H36N4O5. The molecule has 0 saturated carbocycles. The van der Waals surface area contributed by atoms with E-state index >= 15 is 0 Å². The fourth-order valence-corrected chi connectivity index (χ4v) is 3.94. The summed E-state index contributed by atoms with van der Waals surface area (Å²) in [5, 5.41) is 5.29. The van der Waals surface area contributed by atoms with E-state index in [9.17, 15) is 19.2 Å². The van der Waals surface area contributed by atoms with Crippen LogP contribution in [0.25, 0.3) is 0 Å². The number of anilines is 1. The molecule has 0 fully saturated rings. The number of aryl methyl sites for hydroxylation is 4. The van der Waals surface area contributed by atoms with Crippen LogP contribution in [0, 0.1) is 40.2 Å². The maximum absolute atomic E-state index is 13.8. The fraction of sp³-hybridized carbons (Fsp3) is 0.379. The van der Waals surface area contributed by atoms with Crippen molar-refractivity contribution in [3.8, 4) is 12.5 Å². The lowest BCUT2D eigenvalue weighted by Gasteiger charge is -2.31. The van der Waals surface area contributed by atoms with Crippen LogP contribution in [-0.4, -0.2) is 40.4 Å². The molecule has 0 spiro atoms. The van der Waals surface area contributed by atoms with Gasteiger partial charge in [-0.25, -0.2) is 4.79 Å². The van der Waals surface area contributed by atoms with Crippen LogP contribution in [-0.2, 0) is 19.1 Å². The lowest BCUT2D eigenvalue weighted by atomic mass is 9.96. The zero-order valence-electron chi connectivity index (χ0n) is 23.0. The van der Waals surface area contributed by atoms with Gasteiger partial charge in [-0.15, -0.1) is 0 Å². The van der Waals surface area contributed by atoms with E-state index in [-0.39, 0.29) is 0 Å². The number of nitrogens with zero attached hydrogens (tertiary/aromatic N) is 1. The number of ether oxygens (including phenoxy) is 1. The third-order valence-corrected chi connectivity index (χ3v) is 5.74. The standard InChI is InChI=1S/C29H36N4O5/c1-9-33(27(36)22(16-23(30)34)31-28(37)38-29(6,7)8)25(21-15-17(2)13-14-18(21)3)26(35)32-24-19(4)11-10-12-20(24)5/h1,10-15,22,25H,16H2,2-8H3,(H2,30,34)(H,31,37)(H,32,35). The van der Waals surface area contributed by atoms with Crippen molar-refractivity contribution in [3.05, 3.63) is 64.2 Å². The summed E-state index contributed by atoms with van der Waals surface area (Å²) < 4.78 is 5.24. The van der Waals surface area contributed by atoms with Gasteiger partial charge < -0.3 is 21.1 Å². The fourth-order valence-electron chi connectivity index (χ4n) is 3.94. The van der Waals surface area contributed by atoms with Gasteiger partial charge in [0.25, 0.3) is 11.8 Å². The second kappa shape index (κ2) is 12.3. The predicted molar refractivity (Wildman–Crippen MR) is 146 cm³/mol. The third-order valence-electron chi connectivity index (χ3n) is 5.74. The molecule has 0 heterocycles. The summed E-state index contributed by atoms with van der Waals surface area (Å²) in [6, 6.07) is 10.6. The van der Waals surface area contributed by atoms with Crippen molar-refractivity contribution in [2.24, 2.45) is 5.73 Å². The summed E-state index contributed by atoms with van der Waals surface area (Å²) in [5.41, 5.74) is 8.83. The number of hydrogen-bond acceptors (Lipinski definition) is 5. The highest BCUT2D eigenvalue weighted by molar-refractivity contribution is 6.01. The minimum Gasteiger partial charge on any atom is -0.444 e. The van der Waals surface area contributed by atoms with E-state index in [1.54, 1.807) is 33.8 Å². The minimum absolute atomic E-state index is 0.495. The van der Waals surface area contributed by atoms with E-state index in [1.165, 1.54) is 0 Å². The first-order chi connectivity index (χ1) is 17.6. The van der Waals surface area contributed by atoms with Crippen LogP contribution in [0.2, 0.25) is 0 Å². The topological polar surface area (TPSA) is 131 Å². The Balaban J connectivity index is 2.58. The lowest BCUT2D eigenvalue weighted by Crippen LogP contribution is -2.52. The predicted octanol–water partition coefficient (Wildman–Crippen LogP) is 3.79. The Labute approximate surface area is 224 Å². The number of benzene rings is 2. The first-order valence-corrected chi connectivity index (χ1v) is 12.2. The molecule has 2 rings (SSSR count). The van der Waals surface area contributed by atoms with Crippen LogP contribution in [0.5, 0.6) is 0 Å². The third kappa shape index (κ3) is 7.84. The van der Waals surface area contributed by atoms with Gasteiger partial charge in [0.15, 0.2) is 0 Å². The van der Waals surface area contributed by atoms with E-state index in [2.05, 4.69) is 16.7 Å². The van der Waals surface area contributed by atoms with E-state index < -0.39 is 47.9 Å². The minimum atomic E-state index is -1.46. The number of carbonyl (C=O) groups excluding carboxylic acids is 4. The molecule has 0 bridgehead atoms. The van der Waals surface area contributed by atoms with Crippen molar-refractivity contribution >= 4 is 29.5 Å². The largest absolute Gasteiger partial charge is 0.444 e. The van der Waals surface area contributed by atoms with Crippen molar-refractivity contribution in [1.82, 2.24) is 10.2 Å². The van der Waals surface area contributed by atoms with Crippen molar-refractivity contribution < 1.29 is 23.9 Å². The second-order valence-corrected chi connectivity index (χ2v) is 10.2. The summed E-state index contributed by atoms with van der Waals surface area (Å²) in [7, 11) is 0. The van der Waals surface area contributed by atoms with Gasteiger partial charge in [0.2, 0.25) is 5.91 Å². The van der Waals surface area contributed by atoms with Gasteiger partial charge in [-0.3, -0.25) is 19.3 Å². The Morgan fingerprint density at radius 3 is 2.16 bits per heavy atom. The zero-order chi connectivity index (χ0) is 28.8. The molecule has 2 aromatic carbocycles. The van der Waals surface area contributed by atoms with Crippen LogP contribution >= 0.6 is 0 Å². The molecule has 38 heavy (non-hydrogen) atoms. The molecular weight excluding hydrogens is 484 g/mol. The van der Waals surface area contributed by atoms with E-state index in [0.717, 1.165) is 27.2 Å². The van der Waals surface area contributed by atoms with Crippen LogP contribution in [0.1, 0.15) is 61.1 Å². The maximum Gasteiger partial charge on any atom is 0.408 e. The van der Waals surface area contributed by atoms with Gasteiger partial charge in [-0.2, -0.15) is 0 Å². The number of amides is 4. The monoisotopic (exact) mass is 520 g/mol. The molecule has 9 nitrogen and oxygen atoms in total. The summed E-state index contributed by atoms with van der Waals surface area (Å²) >= 11 is 0. The first kappa shape index (κ1) is 29.9. The van der Waals surface area contributed by atoms with Crippen LogP contribution in [0.4, 0.5) is 10.5 Å². The Morgan fingerprint density at radius 2 is 1.63 bits per heavy atom. The molecule has 9 heteroatoms. The molecule has 0 radical (unpaired) electrons. The lowest BCUT2D eigenvalue weighted by molar-refractivity contribution is -0.138. The van der Waals surface area contributed by atoms with Crippen molar-refractivity contribution in [3.63, 3.8) is 0 Å². The second-order valence-electron chi connectivity index (χ2n) is 10.2. The normalized spacial score (nSPS) is 12.5. The SMILES string of the molecule is C#CN(C(=O)C(CC(N)=O)NC(=O)OC(C)(C)C)C(C(=O)Nc1c(C)cccc1C)c1cc(C)ccc1C. The van der Waals surface area contributed by atoms with Gasteiger partial charge in [0.1, 0.15) is 17.7 Å². The highest BCUT2D eigenvalue weighted by Crippen LogP contribution is 2.29. The molecule has 2 atom stereocenters. The van der Waals surface area contributed by atoms with Crippen molar-refractivity contribution in [2.75, 3.05) is 5.32 Å². The molecule has 4 N–H and O–H groups in total. The molecule has 0 aliphatic rings. The smallest absolute Gasteiger partial charge is 0.408 e. The molecule has 2 aromatic rings. The molecule has 4 amide bonds. The van der Waals surface area contributed by atoms with E-state index in [1.807, 2.05) is 51.1 Å². The Morgan fingerprint density at radius 1 is 1.03 bits per heavy atom. The van der Waals surface area contributed by atoms with Crippen molar-refractivity contribution in [2.45, 2.75) is 72.6 Å². The summed E-state index contributed by atoms with van der Waals surface area (Å²) in [5.74, 6) is -2.27.